The van der Waals surface area contributed by atoms with Crippen molar-refractivity contribution in [3.8, 4) is 0 Å². The number of rotatable bonds is 24. The Kier molecular flexibility index (Phi) is 20.2. The summed E-state index contributed by atoms with van der Waals surface area (Å²) in [5, 5.41) is 108. The lowest BCUT2D eigenvalue weighted by Crippen LogP contribution is -2.65. The molecule has 0 saturated carbocycles. The summed E-state index contributed by atoms with van der Waals surface area (Å²) in [5.41, 5.74) is 16.7. The van der Waals surface area contributed by atoms with Crippen LogP contribution in [0.3, 0.4) is 0 Å². The Bertz CT molecular complexity index is 725. The largest absolute Gasteiger partial charge is 0.388 e. The zero-order valence-corrected chi connectivity index (χ0v) is 23.2. The van der Waals surface area contributed by atoms with Gasteiger partial charge in [0.25, 0.3) is 0 Å². The molecule has 19 nitrogen and oxygen atoms in total. The van der Waals surface area contributed by atoms with Crippen molar-refractivity contribution in [2.24, 2.45) is 17.2 Å². The van der Waals surface area contributed by atoms with E-state index >= 15 is 0 Å². The first-order chi connectivity index (χ1) is 19.2. The van der Waals surface area contributed by atoms with Crippen molar-refractivity contribution in [1.29, 1.82) is 5.41 Å². The van der Waals surface area contributed by atoms with Gasteiger partial charge in [0.1, 0.15) is 31.5 Å². The van der Waals surface area contributed by atoms with E-state index in [4.69, 9.17) is 27.7 Å². The molecule has 0 bridgehead atoms. The molecule has 20 N–H and O–H groups in total. The molecule has 19 heteroatoms. The number of nitrogens with one attached hydrogen (secondary N) is 5. The first-order valence-corrected chi connectivity index (χ1v) is 13.3. The second-order valence-corrected chi connectivity index (χ2v) is 9.71. The highest BCUT2D eigenvalue weighted by Gasteiger charge is 2.33. The van der Waals surface area contributed by atoms with E-state index < -0.39 is 93.2 Å². The maximum Gasteiger partial charge on any atom is 0.246 e. The number of carbonyl (C=O) groups is 1. The third-order valence-corrected chi connectivity index (χ3v) is 6.14. The molecular weight excluding hydrogens is 550 g/mol. The average Bonchev–Trinajstić information content (AvgIpc) is 2.88. The van der Waals surface area contributed by atoms with E-state index in [1.165, 1.54) is 0 Å². The number of hydrogen-bond acceptors (Lipinski definition) is 17. The third-order valence-electron chi connectivity index (χ3n) is 6.14. The molecular formula is C22H51N9O10. The van der Waals surface area contributed by atoms with Crippen LogP contribution in [0.1, 0.15) is 39.0 Å². The fourth-order valence-electron chi connectivity index (χ4n) is 3.99. The average molecular weight is 602 g/mol. The Morgan fingerprint density at radius 2 is 1.39 bits per heavy atom. The number of amidine groups is 1. The molecule has 41 heavy (non-hydrogen) atoms. The van der Waals surface area contributed by atoms with Gasteiger partial charge in [0, 0.05) is 19.0 Å². The second kappa shape index (κ2) is 21.1. The van der Waals surface area contributed by atoms with Crippen LogP contribution in [0.4, 0.5) is 0 Å². The molecule has 0 saturated heterocycles. The monoisotopic (exact) mass is 601 g/mol. The first kappa shape index (κ1) is 39.3. The Hall–Kier alpha value is -1.66. The lowest BCUT2D eigenvalue weighted by atomic mass is 10.1. The summed E-state index contributed by atoms with van der Waals surface area (Å²) < 4.78 is 0. The van der Waals surface area contributed by atoms with Gasteiger partial charge in [-0.25, -0.2) is 4.90 Å². The molecule has 0 rings (SSSR count). The Labute approximate surface area is 238 Å². The Balaban J connectivity index is 6.05. The van der Waals surface area contributed by atoms with Crippen molar-refractivity contribution in [1.82, 2.24) is 26.2 Å². The predicted octanol–water partition coefficient (Wildman–Crippen LogP) is -7.68. The summed E-state index contributed by atoms with van der Waals surface area (Å²) >= 11 is 0. The van der Waals surface area contributed by atoms with Crippen LogP contribution in [0, 0.1) is 5.41 Å². The van der Waals surface area contributed by atoms with Crippen molar-refractivity contribution in [3.05, 3.63) is 0 Å². The normalized spacial score (nSPS) is 18.1. The fraction of sp³-hybridized carbons (Fsp3) is 0.909. The van der Waals surface area contributed by atoms with Gasteiger partial charge in [-0.15, -0.1) is 0 Å². The quantitative estimate of drug-likeness (QED) is 0.0277. The van der Waals surface area contributed by atoms with Gasteiger partial charge >= 0.3 is 0 Å². The summed E-state index contributed by atoms with van der Waals surface area (Å²) in [6.07, 6.45) is -9.03. The lowest BCUT2D eigenvalue weighted by Gasteiger charge is -2.38. The smallest absolute Gasteiger partial charge is 0.246 e. The van der Waals surface area contributed by atoms with E-state index in [2.05, 4.69) is 21.3 Å². The molecule has 0 aromatic heterocycles. The molecule has 244 valence electrons. The topological polar surface area (TPSA) is 352 Å². The first-order valence-electron chi connectivity index (χ1n) is 13.3. The molecule has 8 atom stereocenters. The van der Waals surface area contributed by atoms with Crippen molar-refractivity contribution < 1.29 is 50.8 Å². The summed E-state index contributed by atoms with van der Waals surface area (Å²) in [6.45, 7) is -0.0962. The van der Waals surface area contributed by atoms with E-state index in [-0.39, 0.29) is 19.4 Å². The number of aliphatic hydroxyl groups is 9. The molecule has 0 aliphatic carbocycles. The van der Waals surface area contributed by atoms with E-state index in [9.17, 15) is 45.6 Å². The molecule has 0 aliphatic heterocycles. The van der Waals surface area contributed by atoms with E-state index in [0.29, 0.717) is 12.8 Å². The number of aliphatic hydroxyl groups excluding tert-OH is 7. The van der Waals surface area contributed by atoms with Crippen molar-refractivity contribution >= 4 is 11.7 Å². The molecule has 0 aromatic carbocycles. The van der Waals surface area contributed by atoms with Crippen molar-refractivity contribution in [2.45, 2.75) is 101 Å². The number of carbonyl (C=O) groups excluding carboxylic acids is 1. The highest BCUT2D eigenvalue weighted by atomic mass is 16.5. The van der Waals surface area contributed by atoms with E-state index in [0.717, 1.165) is 11.3 Å². The van der Waals surface area contributed by atoms with Crippen molar-refractivity contribution in [3.63, 3.8) is 0 Å². The SMILES string of the molecule is CCCCC(NC(O)C(CN(CC(O)O)C(O)O)NC(O)C(CC(=N)N)NC(O)C(CCN)NC(=O)CO)C(N)O. The zero-order valence-electron chi connectivity index (χ0n) is 23.2. The maximum atomic E-state index is 11.7. The second-order valence-electron chi connectivity index (χ2n) is 9.71. The van der Waals surface area contributed by atoms with Crippen LogP contribution < -0.4 is 38.5 Å². The van der Waals surface area contributed by atoms with E-state index in [1.807, 2.05) is 6.92 Å². The van der Waals surface area contributed by atoms with Gasteiger partial charge in [-0.3, -0.25) is 26.2 Å². The van der Waals surface area contributed by atoms with Crippen LogP contribution >= 0.6 is 0 Å². The molecule has 8 unspecified atom stereocenters. The van der Waals surface area contributed by atoms with Crippen molar-refractivity contribution in [2.75, 3.05) is 26.2 Å². The van der Waals surface area contributed by atoms with Crippen LogP contribution in [-0.4, -0.2) is 151 Å². The molecule has 0 aromatic rings. The number of nitrogens with two attached hydrogens (primary N) is 3. The molecule has 0 heterocycles. The molecule has 0 aliphatic rings. The molecule has 0 radical (unpaired) electrons. The summed E-state index contributed by atoms with van der Waals surface area (Å²) in [4.78, 5) is 12.4. The van der Waals surface area contributed by atoms with Crippen LogP contribution in [0.2, 0.25) is 0 Å². The van der Waals surface area contributed by atoms with Crippen LogP contribution in [-0.2, 0) is 4.79 Å². The standard InChI is InChI=1S/C22H51N9O10/c1-2-3-4-11(18(26)36)28-21(39)14(8-31(22(40)41)9-17(34)35)30-20(38)13(7-15(24)25)29-19(37)12(5-6-23)27-16(33)10-32/h11-14,17-22,28-30,32,34-41H,2-10,23,26H2,1H3,(H3,24,25)(H,27,33). The van der Waals surface area contributed by atoms with Gasteiger partial charge < -0.3 is 68.5 Å². The zero-order chi connectivity index (χ0) is 31.7. The lowest BCUT2D eigenvalue weighted by molar-refractivity contribution is -0.187. The highest BCUT2D eigenvalue weighted by molar-refractivity contribution is 5.77. The number of unbranched alkanes of at least 4 members (excludes halogenated alkanes) is 1. The highest BCUT2D eigenvalue weighted by Crippen LogP contribution is 2.10. The molecule has 1 amide bonds. The van der Waals surface area contributed by atoms with Gasteiger partial charge in [-0.2, -0.15) is 0 Å². The number of nitrogens with zero attached hydrogens (tertiary/aromatic N) is 1. The van der Waals surface area contributed by atoms with Gasteiger partial charge in [-0.1, -0.05) is 19.8 Å². The number of amides is 1. The molecule has 0 spiro atoms. The molecule has 0 fully saturated rings. The summed E-state index contributed by atoms with van der Waals surface area (Å²) in [7, 11) is 0. The van der Waals surface area contributed by atoms with Crippen LogP contribution in [0.5, 0.6) is 0 Å². The van der Waals surface area contributed by atoms with Crippen LogP contribution in [0.25, 0.3) is 0 Å². The Morgan fingerprint density at radius 3 is 1.85 bits per heavy atom. The number of hydrogen-bond donors (Lipinski definition) is 17. The minimum atomic E-state index is -2.21. The predicted molar refractivity (Wildman–Crippen MR) is 146 cm³/mol. The van der Waals surface area contributed by atoms with Gasteiger partial charge in [0.2, 0.25) is 12.3 Å². The summed E-state index contributed by atoms with van der Waals surface area (Å²) in [5.74, 6) is -1.21. The minimum absolute atomic E-state index is 0.0372. The van der Waals surface area contributed by atoms with Gasteiger partial charge in [0.05, 0.1) is 30.5 Å². The fourth-order valence-corrected chi connectivity index (χ4v) is 3.99. The van der Waals surface area contributed by atoms with Crippen LogP contribution in [0.15, 0.2) is 0 Å². The van der Waals surface area contributed by atoms with Gasteiger partial charge in [0.15, 0.2) is 6.29 Å². The minimum Gasteiger partial charge on any atom is -0.388 e. The summed E-state index contributed by atoms with van der Waals surface area (Å²) in [6, 6.07) is -4.39. The third kappa shape index (κ3) is 16.5. The van der Waals surface area contributed by atoms with E-state index in [1.54, 1.807) is 0 Å². The Morgan fingerprint density at radius 1 is 0.854 bits per heavy atom. The van der Waals surface area contributed by atoms with Gasteiger partial charge in [-0.05, 0) is 19.4 Å². The maximum absolute atomic E-state index is 11.7.